The Hall–Kier alpha value is -4.32. The van der Waals surface area contributed by atoms with E-state index < -0.39 is 64.5 Å². The molecule has 2 aliphatic rings. The van der Waals surface area contributed by atoms with Gasteiger partial charge in [0.25, 0.3) is 0 Å². The van der Waals surface area contributed by atoms with E-state index in [9.17, 15) is 52.8 Å². The topological polar surface area (TPSA) is 154 Å². The maximum Gasteiger partial charge on any atom is 0.416 e. The monoisotopic (exact) mass is 718 g/mol. The number of sulfone groups is 2. The van der Waals surface area contributed by atoms with Crippen molar-refractivity contribution in [2.24, 2.45) is 0 Å². The van der Waals surface area contributed by atoms with Crippen LogP contribution in [0.3, 0.4) is 0 Å². The van der Waals surface area contributed by atoms with Crippen molar-refractivity contribution >= 4 is 31.2 Å². The molecule has 0 atom stereocenters. The lowest BCUT2D eigenvalue weighted by atomic mass is 10.0. The van der Waals surface area contributed by atoms with Crippen molar-refractivity contribution in [2.45, 2.75) is 59.7 Å². The summed E-state index contributed by atoms with van der Waals surface area (Å²) in [6, 6.07) is 4.09. The van der Waals surface area contributed by atoms with Crippen molar-refractivity contribution < 1.29 is 61.8 Å². The minimum atomic E-state index is -4.71. The van der Waals surface area contributed by atoms with Gasteiger partial charge in [-0.3, -0.25) is 9.59 Å². The quantitative estimate of drug-likeness (QED) is 0.147. The van der Waals surface area contributed by atoms with Gasteiger partial charge in [0, 0.05) is 35.5 Å². The SMILES string of the molecule is CS(=O)(=O)c1cc(C(F)(F)F)ccc1C(=O)c1cnoc1C1CC1.CS(=O)(=O)c1cc(C(F)(F)F)ccc1C(=O)c1cnoc1C1CC1. The zero-order valence-electron chi connectivity index (χ0n) is 24.8. The van der Waals surface area contributed by atoms with Gasteiger partial charge in [0.05, 0.1) is 44.4 Å². The lowest BCUT2D eigenvalue weighted by molar-refractivity contribution is -0.138. The van der Waals surface area contributed by atoms with Crippen LogP contribution in [0.5, 0.6) is 0 Å². The highest BCUT2D eigenvalue weighted by molar-refractivity contribution is 7.91. The molecule has 10 nitrogen and oxygen atoms in total. The second-order valence-corrected chi connectivity index (χ2v) is 15.3. The van der Waals surface area contributed by atoms with Crippen LogP contribution in [0.15, 0.2) is 67.6 Å². The maximum absolute atomic E-state index is 12.8. The van der Waals surface area contributed by atoms with E-state index in [-0.39, 0.29) is 34.1 Å². The van der Waals surface area contributed by atoms with Gasteiger partial charge >= 0.3 is 12.4 Å². The van der Waals surface area contributed by atoms with E-state index in [0.717, 1.165) is 50.3 Å². The zero-order chi connectivity index (χ0) is 35.4. The fraction of sp³-hybridized carbons (Fsp3) is 0.333. The summed E-state index contributed by atoms with van der Waals surface area (Å²) in [4.78, 5) is 24.0. The summed E-state index contributed by atoms with van der Waals surface area (Å²) in [5.74, 6) is -0.650. The van der Waals surface area contributed by atoms with E-state index in [1.165, 1.54) is 12.4 Å². The average Bonchev–Trinajstić information content (AvgIpc) is 3.92. The van der Waals surface area contributed by atoms with E-state index >= 15 is 0 Å². The van der Waals surface area contributed by atoms with E-state index in [4.69, 9.17) is 9.05 Å². The van der Waals surface area contributed by atoms with Crippen LogP contribution in [0.2, 0.25) is 0 Å². The Morgan fingerprint density at radius 1 is 0.625 bits per heavy atom. The van der Waals surface area contributed by atoms with Gasteiger partial charge in [0.1, 0.15) is 0 Å². The number of carbonyl (C=O) groups is 2. The van der Waals surface area contributed by atoms with Gasteiger partial charge in [-0.25, -0.2) is 16.8 Å². The molecule has 18 heteroatoms. The Morgan fingerprint density at radius 3 is 1.23 bits per heavy atom. The molecule has 0 saturated heterocycles. The highest BCUT2D eigenvalue weighted by atomic mass is 32.2. The number of benzene rings is 2. The molecule has 4 aromatic rings. The van der Waals surface area contributed by atoms with Crippen molar-refractivity contribution in [1.82, 2.24) is 10.3 Å². The van der Waals surface area contributed by atoms with Gasteiger partial charge in [-0.1, -0.05) is 10.3 Å². The number of aromatic nitrogens is 2. The molecule has 2 heterocycles. The normalized spacial score (nSPS) is 15.5. The van der Waals surface area contributed by atoms with Gasteiger partial charge < -0.3 is 9.05 Å². The first-order valence-corrected chi connectivity index (χ1v) is 17.8. The first-order chi connectivity index (χ1) is 22.2. The number of carbonyl (C=O) groups excluding carboxylic acids is 2. The molecule has 0 spiro atoms. The Morgan fingerprint density at radius 2 is 0.958 bits per heavy atom. The highest BCUT2D eigenvalue weighted by Gasteiger charge is 2.38. The molecule has 0 N–H and O–H groups in total. The lowest BCUT2D eigenvalue weighted by Crippen LogP contribution is -2.13. The third-order valence-electron chi connectivity index (χ3n) is 7.49. The van der Waals surface area contributed by atoms with E-state index in [2.05, 4.69) is 10.3 Å². The number of hydrogen-bond donors (Lipinski definition) is 0. The smallest absolute Gasteiger partial charge is 0.360 e. The summed E-state index contributed by atoms with van der Waals surface area (Å²) in [6.07, 6.45) is -2.29. The number of nitrogens with zero attached hydrogens (tertiary/aromatic N) is 2. The van der Waals surface area contributed by atoms with Gasteiger partial charge in [0.2, 0.25) is 0 Å². The summed E-state index contributed by atoms with van der Waals surface area (Å²) in [5.41, 5.74) is -2.74. The third kappa shape index (κ3) is 7.53. The summed E-state index contributed by atoms with van der Waals surface area (Å²) in [6.45, 7) is 0. The van der Waals surface area contributed by atoms with Crippen LogP contribution in [-0.4, -0.2) is 51.2 Å². The molecule has 256 valence electrons. The van der Waals surface area contributed by atoms with Crippen molar-refractivity contribution in [3.8, 4) is 0 Å². The fourth-order valence-electron chi connectivity index (χ4n) is 4.79. The minimum absolute atomic E-state index is 0.0441. The Labute approximate surface area is 268 Å². The summed E-state index contributed by atoms with van der Waals surface area (Å²) in [7, 11) is -8.08. The zero-order valence-corrected chi connectivity index (χ0v) is 26.5. The van der Waals surface area contributed by atoms with Gasteiger partial charge in [-0.2, -0.15) is 26.3 Å². The lowest BCUT2D eigenvalue weighted by Gasteiger charge is -2.11. The summed E-state index contributed by atoms with van der Waals surface area (Å²) < 4.78 is 135. The molecular formula is C30H24F6N2O8S2. The molecule has 2 aliphatic carbocycles. The number of alkyl halides is 6. The highest BCUT2D eigenvalue weighted by Crippen LogP contribution is 2.43. The number of rotatable bonds is 8. The molecule has 0 unspecified atom stereocenters. The second kappa shape index (κ2) is 12.3. The van der Waals surface area contributed by atoms with E-state index in [1.807, 2.05) is 0 Å². The molecule has 0 amide bonds. The first-order valence-electron chi connectivity index (χ1n) is 14.0. The predicted octanol–water partition coefficient (Wildman–Crippen LogP) is 6.41. The minimum Gasteiger partial charge on any atom is -0.360 e. The van der Waals surface area contributed by atoms with Crippen molar-refractivity contribution in [2.75, 3.05) is 12.5 Å². The van der Waals surface area contributed by atoms with Gasteiger partial charge in [-0.15, -0.1) is 0 Å². The van der Waals surface area contributed by atoms with Crippen LogP contribution in [0, 0.1) is 0 Å². The molecule has 2 saturated carbocycles. The first kappa shape index (κ1) is 35.0. The molecular weight excluding hydrogens is 694 g/mol. The Balaban J connectivity index is 0.000000188. The van der Waals surface area contributed by atoms with Crippen molar-refractivity contribution in [3.63, 3.8) is 0 Å². The van der Waals surface area contributed by atoms with E-state index in [0.29, 0.717) is 35.8 Å². The molecule has 2 fully saturated rings. The summed E-state index contributed by atoms with van der Waals surface area (Å²) in [5, 5.41) is 7.11. The van der Waals surface area contributed by atoms with Gasteiger partial charge in [-0.05, 0) is 62.1 Å². The molecule has 0 aliphatic heterocycles. The van der Waals surface area contributed by atoms with Crippen LogP contribution in [0.4, 0.5) is 26.3 Å². The average molecular weight is 719 g/mol. The number of halogens is 6. The van der Waals surface area contributed by atoms with Gasteiger partial charge in [0.15, 0.2) is 42.8 Å². The number of ketones is 2. The van der Waals surface area contributed by atoms with Crippen LogP contribution >= 0.6 is 0 Å². The Kier molecular flexibility index (Phi) is 8.96. The predicted molar refractivity (Wildman–Crippen MR) is 153 cm³/mol. The third-order valence-corrected chi connectivity index (χ3v) is 9.76. The Bertz CT molecular complexity index is 1970. The largest absolute Gasteiger partial charge is 0.416 e. The van der Waals surface area contributed by atoms with Crippen LogP contribution < -0.4 is 0 Å². The van der Waals surface area contributed by atoms with Crippen LogP contribution in [0.25, 0.3) is 0 Å². The standard InChI is InChI=1S/2C15H12F3NO4S/c2*1-24(21,22)12-6-9(15(16,17)18)4-5-10(12)13(20)11-7-19-23-14(11)8-2-3-8/h2*4-8H,2-3H2,1H3. The molecule has 2 aromatic heterocycles. The van der Waals surface area contributed by atoms with Crippen molar-refractivity contribution in [1.29, 1.82) is 0 Å². The van der Waals surface area contributed by atoms with E-state index in [1.54, 1.807) is 0 Å². The molecule has 0 bridgehead atoms. The second-order valence-electron chi connectivity index (χ2n) is 11.4. The molecule has 2 aromatic carbocycles. The fourth-order valence-corrected chi connectivity index (χ4v) is 6.60. The molecule has 6 rings (SSSR count). The molecule has 0 radical (unpaired) electrons. The van der Waals surface area contributed by atoms with Crippen LogP contribution in [-0.2, 0) is 32.0 Å². The van der Waals surface area contributed by atoms with Crippen molar-refractivity contribution in [3.05, 3.63) is 93.7 Å². The van der Waals surface area contributed by atoms with Crippen LogP contribution in [0.1, 0.15) is 92.0 Å². The summed E-state index contributed by atoms with van der Waals surface area (Å²) >= 11 is 0. The molecule has 48 heavy (non-hydrogen) atoms. The number of hydrogen-bond acceptors (Lipinski definition) is 10. The maximum atomic E-state index is 12.8.